The van der Waals surface area contributed by atoms with E-state index >= 15 is 0 Å². The molecule has 94 valence electrons. The standard InChI is InChI=1S/C13H17BrClNO/c1-3-10(14)6-7-16-13(17)11-5-4-9(2)8-12(11)15/h4-5,8,10H,3,6-7H2,1-2H3,(H,16,17). The van der Waals surface area contributed by atoms with E-state index in [4.69, 9.17) is 11.6 Å². The molecular weight excluding hydrogens is 302 g/mol. The zero-order valence-electron chi connectivity index (χ0n) is 10.1. The lowest BCUT2D eigenvalue weighted by Gasteiger charge is -2.09. The molecule has 1 rings (SSSR count). The molecule has 0 heterocycles. The average molecular weight is 319 g/mol. The molecular formula is C13H17BrClNO. The number of aryl methyl sites for hydroxylation is 1. The van der Waals surface area contributed by atoms with Crippen molar-refractivity contribution in [3.63, 3.8) is 0 Å². The molecule has 1 atom stereocenters. The predicted octanol–water partition coefficient (Wildman–Crippen LogP) is 3.94. The first kappa shape index (κ1) is 14.5. The third kappa shape index (κ3) is 4.68. The third-order valence-corrected chi connectivity index (χ3v) is 3.97. The van der Waals surface area contributed by atoms with Crippen molar-refractivity contribution in [2.24, 2.45) is 0 Å². The second-order valence-corrected chi connectivity index (χ2v) is 5.74. The van der Waals surface area contributed by atoms with E-state index < -0.39 is 0 Å². The monoisotopic (exact) mass is 317 g/mol. The number of halogens is 2. The van der Waals surface area contributed by atoms with E-state index in [-0.39, 0.29) is 5.91 Å². The molecule has 0 radical (unpaired) electrons. The van der Waals surface area contributed by atoms with E-state index in [0.29, 0.717) is 22.0 Å². The van der Waals surface area contributed by atoms with Gasteiger partial charge in [-0.3, -0.25) is 4.79 Å². The van der Waals surface area contributed by atoms with Crippen LogP contribution in [-0.4, -0.2) is 17.3 Å². The van der Waals surface area contributed by atoms with E-state index in [2.05, 4.69) is 28.2 Å². The van der Waals surface area contributed by atoms with Crippen molar-refractivity contribution < 1.29 is 4.79 Å². The minimum absolute atomic E-state index is 0.106. The van der Waals surface area contributed by atoms with Gasteiger partial charge < -0.3 is 5.32 Å². The summed E-state index contributed by atoms with van der Waals surface area (Å²) in [4.78, 5) is 12.3. The van der Waals surface area contributed by atoms with Crippen LogP contribution in [-0.2, 0) is 0 Å². The van der Waals surface area contributed by atoms with Crippen LogP contribution < -0.4 is 5.32 Å². The molecule has 0 aliphatic heterocycles. The summed E-state index contributed by atoms with van der Waals surface area (Å²) in [6.45, 7) is 4.72. The second-order valence-electron chi connectivity index (χ2n) is 4.03. The van der Waals surface area contributed by atoms with Crippen molar-refractivity contribution >= 4 is 33.4 Å². The van der Waals surface area contributed by atoms with Crippen LogP contribution >= 0.6 is 27.5 Å². The Labute approximate surface area is 116 Å². The number of hydrogen-bond acceptors (Lipinski definition) is 1. The zero-order valence-corrected chi connectivity index (χ0v) is 12.4. The average Bonchev–Trinajstić information content (AvgIpc) is 2.28. The fraction of sp³-hybridized carbons (Fsp3) is 0.462. The Balaban J connectivity index is 2.52. The molecule has 1 amide bonds. The maximum atomic E-state index is 11.8. The van der Waals surface area contributed by atoms with Crippen molar-refractivity contribution in [1.82, 2.24) is 5.32 Å². The maximum Gasteiger partial charge on any atom is 0.252 e. The summed E-state index contributed by atoms with van der Waals surface area (Å²) < 4.78 is 0. The molecule has 0 aliphatic carbocycles. The largest absolute Gasteiger partial charge is 0.352 e. The lowest BCUT2D eigenvalue weighted by molar-refractivity contribution is 0.0953. The first-order valence-electron chi connectivity index (χ1n) is 5.73. The Kier molecular flexibility index (Phi) is 6.00. The number of nitrogens with one attached hydrogen (secondary N) is 1. The molecule has 1 aromatic carbocycles. The van der Waals surface area contributed by atoms with Crippen LogP contribution in [0.25, 0.3) is 0 Å². The number of alkyl halides is 1. The van der Waals surface area contributed by atoms with E-state index in [0.717, 1.165) is 18.4 Å². The highest BCUT2D eigenvalue weighted by molar-refractivity contribution is 9.09. The number of amides is 1. The highest BCUT2D eigenvalue weighted by Crippen LogP contribution is 2.17. The van der Waals surface area contributed by atoms with E-state index in [1.807, 2.05) is 13.0 Å². The second kappa shape index (κ2) is 7.02. The number of carbonyl (C=O) groups is 1. The van der Waals surface area contributed by atoms with Gasteiger partial charge in [-0.2, -0.15) is 0 Å². The van der Waals surface area contributed by atoms with Crippen molar-refractivity contribution in [2.45, 2.75) is 31.5 Å². The predicted molar refractivity (Wildman–Crippen MR) is 76.1 cm³/mol. The van der Waals surface area contributed by atoms with Gasteiger partial charge in [0.15, 0.2) is 0 Å². The molecule has 0 aliphatic rings. The summed E-state index contributed by atoms with van der Waals surface area (Å²) in [5, 5.41) is 3.38. The highest BCUT2D eigenvalue weighted by Gasteiger charge is 2.10. The zero-order chi connectivity index (χ0) is 12.8. The Morgan fingerprint density at radius 1 is 1.53 bits per heavy atom. The minimum Gasteiger partial charge on any atom is -0.352 e. The topological polar surface area (TPSA) is 29.1 Å². The molecule has 4 heteroatoms. The van der Waals surface area contributed by atoms with Gasteiger partial charge in [-0.05, 0) is 37.5 Å². The summed E-state index contributed by atoms with van der Waals surface area (Å²) in [7, 11) is 0. The van der Waals surface area contributed by atoms with Gasteiger partial charge in [0.25, 0.3) is 5.91 Å². The smallest absolute Gasteiger partial charge is 0.252 e. The SMILES string of the molecule is CCC(Br)CCNC(=O)c1ccc(C)cc1Cl. The molecule has 0 aromatic heterocycles. The Morgan fingerprint density at radius 3 is 2.82 bits per heavy atom. The summed E-state index contributed by atoms with van der Waals surface area (Å²) in [5.41, 5.74) is 1.60. The molecule has 1 aromatic rings. The number of rotatable bonds is 5. The summed E-state index contributed by atoms with van der Waals surface area (Å²) in [6, 6.07) is 5.45. The van der Waals surface area contributed by atoms with Crippen molar-refractivity contribution in [1.29, 1.82) is 0 Å². The third-order valence-electron chi connectivity index (χ3n) is 2.56. The van der Waals surface area contributed by atoms with E-state index in [1.54, 1.807) is 12.1 Å². The highest BCUT2D eigenvalue weighted by atomic mass is 79.9. The first-order chi connectivity index (χ1) is 8.04. The molecule has 1 unspecified atom stereocenters. The molecule has 0 saturated carbocycles. The Morgan fingerprint density at radius 2 is 2.24 bits per heavy atom. The van der Waals surface area contributed by atoms with Gasteiger partial charge >= 0.3 is 0 Å². The summed E-state index contributed by atoms with van der Waals surface area (Å²) in [5.74, 6) is -0.106. The number of carbonyl (C=O) groups excluding carboxylic acids is 1. The van der Waals surface area contributed by atoms with E-state index in [1.165, 1.54) is 0 Å². The lowest BCUT2D eigenvalue weighted by Crippen LogP contribution is -2.26. The van der Waals surface area contributed by atoms with Gasteiger partial charge in [0, 0.05) is 11.4 Å². The van der Waals surface area contributed by atoms with Crippen molar-refractivity contribution in [3.05, 3.63) is 34.3 Å². The Hall–Kier alpha value is -0.540. The minimum atomic E-state index is -0.106. The van der Waals surface area contributed by atoms with Crippen LogP contribution in [0.15, 0.2) is 18.2 Å². The van der Waals surface area contributed by atoms with Crippen LogP contribution in [0, 0.1) is 6.92 Å². The van der Waals surface area contributed by atoms with Crippen LogP contribution in [0.1, 0.15) is 35.7 Å². The molecule has 0 saturated heterocycles. The fourth-order valence-corrected chi connectivity index (χ4v) is 2.00. The quantitative estimate of drug-likeness (QED) is 0.819. The van der Waals surface area contributed by atoms with Crippen LogP contribution in [0.2, 0.25) is 5.02 Å². The molecule has 1 N–H and O–H groups in total. The van der Waals surface area contributed by atoms with Gasteiger partial charge in [-0.25, -0.2) is 0 Å². The van der Waals surface area contributed by atoms with Crippen LogP contribution in [0.3, 0.4) is 0 Å². The molecule has 2 nitrogen and oxygen atoms in total. The summed E-state index contributed by atoms with van der Waals surface area (Å²) in [6.07, 6.45) is 1.98. The maximum absolute atomic E-state index is 11.8. The van der Waals surface area contributed by atoms with Crippen molar-refractivity contribution in [3.8, 4) is 0 Å². The Bertz CT molecular complexity index is 395. The summed E-state index contributed by atoms with van der Waals surface area (Å²) >= 11 is 9.55. The van der Waals surface area contributed by atoms with Crippen LogP contribution in [0.4, 0.5) is 0 Å². The molecule has 0 fully saturated rings. The van der Waals surface area contributed by atoms with Gasteiger partial charge in [-0.15, -0.1) is 0 Å². The first-order valence-corrected chi connectivity index (χ1v) is 7.02. The van der Waals surface area contributed by atoms with Gasteiger partial charge in [0.05, 0.1) is 10.6 Å². The van der Waals surface area contributed by atoms with Gasteiger partial charge in [0.1, 0.15) is 0 Å². The number of hydrogen-bond donors (Lipinski definition) is 1. The fourth-order valence-electron chi connectivity index (χ4n) is 1.45. The van der Waals surface area contributed by atoms with Crippen LogP contribution in [0.5, 0.6) is 0 Å². The molecule has 17 heavy (non-hydrogen) atoms. The van der Waals surface area contributed by atoms with E-state index in [9.17, 15) is 4.79 Å². The molecule has 0 spiro atoms. The number of benzene rings is 1. The van der Waals surface area contributed by atoms with Gasteiger partial charge in [-0.1, -0.05) is 40.5 Å². The van der Waals surface area contributed by atoms with Crippen molar-refractivity contribution in [2.75, 3.05) is 6.54 Å². The lowest BCUT2D eigenvalue weighted by atomic mass is 10.1. The normalized spacial score (nSPS) is 12.2. The van der Waals surface area contributed by atoms with Gasteiger partial charge in [0.2, 0.25) is 0 Å². The molecule has 0 bridgehead atoms.